The third kappa shape index (κ3) is 4.31. The second-order valence-electron chi connectivity index (χ2n) is 5.38. The lowest BCUT2D eigenvalue weighted by molar-refractivity contribution is -0.402. The summed E-state index contributed by atoms with van der Waals surface area (Å²) in [4.78, 5) is 12.5. The Morgan fingerprint density at radius 3 is 2.95 bits per heavy atom. The molecule has 0 saturated carbocycles. The van der Waals surface area contributed by atoms with E-state index in [4.69, 9.17) is 4.42 Å². The van der Waals surface area contributed by atoms with E-state index in [1.54, 1.807) is 6.07 Å². The summed E-state index contributed by atoms with van der Waals surface area (Å²) >= 11 is 0. The summed E-state index contributed by atoms with van der Waals surface area (Å²) in [5.74, 6) is 0.494. The molecule has 2 heterocycles. The maximum Gasteiger partial charge on any atom is 0.433 e. The van der Waals surface area contributed by atoms with Gasteiger partial charge in [-0.05, 0) is 38.4 Å². The first-order valence-electron chi connectivity index (χ1n) is 7.38. The Balaban J connectivity index is 1.91. The lowest BCUT2D eigenvalue weighted by atomic mass is 10.0. The zero-order valence-electron chi connectivity index (χ0n) is 12.0. The van der Waals surface area contributed by atoms with E-state index in [9.17, 15) is 10.1 Å². The van der Waals surface area contributed by atoms with Gasteiger partial charge in [0.2, 0.25) is 0 Å². The molecule has 0 bridgehead atoms. The van der Waals surface area contributed by atoms with Crippen LogP contribution in [0.1, 0.15) is 38.4 Å². The fraction of sp³-hybridized carbons (Fsp3) is 0.714. The zero-order valence-corrected chi connectivity index (χ0v) is 12.0. The van der Waals surface area contributed by atoms with Gasteiger partial charge >= 0.3 is 5.88 Å². The molecule has 6 nitrogen and oxygen atoms in total. The number of nitrogens with one attached hydrogen (secondary N) is 1. The van der Waals surface area contributed by atoms with Crippen molar-refractivity contribution in [1.29, 1.82) is 0 Å². The Morgan fingerprint density at radius 1 is 1.50 bits per heavy atom. The number of nitrogens with zero attached hydrogens (tertiary/aromatic N) is 2. The average Bonchev–Trinajstić information content (AvgIpc) is 2.89. The van der Waals surface area contributed by atoms with E-state index in [0.29, 0.717) is 18.3 Å². The third-order valence-corrected chi connectivity index (χ3v) is 3.64. The van der Waals surface area contributed by atoms with Gasteiger partial charge < -0.3 is 9.73 Å². The average molecular weight is 281 g/mol. The van der Waals surface area contributed by atoms with Gasteiger partial charge in [0, 0.05) is 12.6 Å². The SMILES string of the molecule is CCCN(Cc1ccc([N+](=O)[O-])o1)CC1CCCCN1. The normalized spacial score (nSPS) is 19.4. The Labute approximate surface area is 119 Å². The highest BCUT2D eigenvalue weighted by Gasteiger charge is 2.18. The fourth-order valence-electron chi connectivity index (χ4n) is 2.71. The molecule has 1 N–H and O–H groups in total. The quantitative estimate of drug-likeness (QED) is 0.614. The molecule has 1 aromatic rings. The van der Waals surface area contributed by atoms with Crippen molar-refractivity contribution in [3.05, 3.63) is 28.0 Å². The maximum atomic E-state index is 10.6. The van der Waals surface area contributed by atoms with Gasteiger partial charge in [-0.15, -0.1) is 0 Å². The lowest BCUT2D eigenvalue weighted by Gasteiger charge is -2.29. The van der Waals surface area contributed by atoms with Crippen molar-refractivity contribution in [3.63, 3.8) is 0 Å². The molecule has 1 fully saturated rings. The van der Waals surface area contributed by atoms with Crippen LogP contribution >= 0.6 is 0 Å². The van der Waals surface area contributed by atoms with Gasteiger partial charge in [0.15, 0.2) is 0 Å². The number of piperidine rings is 1. The molecule has 112 valence electrons. The molecule has 1 atom stereocenters. The molecular weight excluding hydrogens is 258 g/mol. The standard InChI is InChI=1S/C14H23N3O3/c1-2-9-16(10-12-5-3-4-8-15-12)11-13-6-7-14(20-13)17(18)19/h6-7,12,15H,2-5,8-11H2,1H3. The van der Waals surface area contributed by atoms with Crippen LogP contribution in [0.15, 0.2) is 16.5 Å². The van der Waals surface area contributed by atoms with Gasteiger partial charge in [0.25, 0.3) is 0 Å². The molecule has 0 radical (unpaired) electrons. The van der Waals surface area contributed by atoms with Gasteiger partial charge in [0.05, 0.1) is 12.6 Å². The molecule has 2 rings (SSSR count). The van der Waals surface area contributed by atoms with E-state index >= 15 is 0 Å². The molecular formula is C14H23N3O3. The first-order chi connectivity index (χ1) is 9.69. The summed E-state index contributed by atoms with van der Waals surface area (Å²) in [7, 11) is 0. The van der Waals surface area contributed by atoms with Crippen LogP contribution in [0.5, 0.6) is 0 Å². The largest absolute Gasteiger partial charge is 0.433 e. The van der Waals surface area contributed by atoms with Crippen molar-refractivity contribution >= 4 is 5.88 Å². The Morgan fingerprint density at radius 2 is 2.35 bits per heavy atom. The predicted octanol–water partition coefficient (Wildman–Crippen LogP) is 2.54. The lowest BCUT2D eigenvalue weighted by Crippen LogP contribution is -2.43. The molecule has 1 saturated heterocycles. The van der Waals surface area contributed by atoms with E-state index in [2.05, 4.69) is 17.1 Å². The Bertz CT molecular complexity index is 427. The number of nitro groups is 1. The van der Waals surface area contributed by atoms with Gasteiger partial charge in [-0.1, -0.05) is 13.3 Å². The second-order valence-corrected chi connectivity index (χ2v) is 5.38. The molecule has 0 aromatic carbocycles. The minimum absolute atomic E-state index is 0.174. The first-order valence-corrected chi connectivity index (χ1v) is 7.38. The van der Waals surface area contributed by atoms with Crippen LogP contribution in [-0.4, -0.2) is 35.5 Å². The van der Waals surface area contributed by atoms with E-state index in [1.165, 1.54) is 25.3 Å². The van der Waals surface area contributed by atoms with Crippen molar-refractivity contribution in [3.8, 4) is 0 Å². The highest BCUT2D eigenvalue weighted by atomic mass is 16.6. The highest BCUT2D eigenvalue weighted by Crippen LogP contribution is 2.18. The van der Waals surface area contributed by atoms with E-state index in [-0.39, 0.29) is 5.88 Å². The number of rotatable bonds is 7. The van der Waals surface area contributed by atoms with E-state index < -0.39 is 4.92 Å². The Kier molecular flexibility index (Phi) is 5.55. The van der Waals surface area contributed by atoms with Crippen molar-refractivity contribution in [2.24, 2.45) is 0 Å². The number of hydrogen-bond acceptors (Lipinski definition) is 5. The molecule has 1 aliphatic heterocycles. The van der Waals surface area contributed by atoms with Gasteiger partial charge in [-0.25, -0.2) is 0 Å². The summed E-state index contributed by atoms with van der Waals surface area (Å²) in [6.07, 6.45) is 4.81. The van der Waals surface area contributed by atoms with Gasteiger partial charge in [-0.2, -0.15) is 0 Å². The fourth-order valence-corrected chi connectivity index (χ4v) is 2.71. The minimum atomic E-state index is -0.490. The summed E-state index contributed by atoms with van der Waals surface area (Å²) in [5, 5.41) is 14.2. The molecule has 20 heavy (non-hydrogen) atoms. The van der Waals surface area contributed by atoms with Crippen LogP contribution in [0, 0.1) is 10.1 Å². The van der Waals surface area contributed by atoms with Crippen molar-refractivity contribution < 1.29 is 9.34 Å². The van der Waals surface area contributed by atoms with Crippen LogP contribution in [-0.2, 0) is 6.54 Å². The van der Waals surface area contributed by atoms with Gasteiger partial charge in [-0.3, -0.25) is 15.0 Å². The van der Waals surface area contributed by atoms with Crippen LogP contribution in [0.25, 0.3) is 0 Å². The molecule has 6 heteroatoms. The van der Waals surface area contributed by atoms with Crippen LogP contribution in [0.2, 0.25) is 0 Å². The molecule has 1 aromatic heterocycles. The van der Waals surface area contributed by atoms with Crippen LogP contribution in [0.4, 0.5) is 5.88 Å². The van der Waals surface area contributed by atoms with Crippen molar-refractivity contribution in [1.82, 2.24) is 10.2 Å². The smallest absolute Gasteiger partial charge is 0.404 e. The molecule has 0 amide bonds. The van der Waals surface area contributed by atoms with Crippen LogP contribution in [0.3, 0.4) is 0 Å². The third-order valence-electron chi connectivity index (χ3n) is 3.64. The van der Waals surface area contributed by atoms with Crippen molar-refractivity contribution in [2.45, 2.75) is 45.2 Å². The monoisotopic (exact) mass is 281 g/mol. The Hall–Kier alpha value is -1.40. The second kappa shape index (κ2) is 7.40. The summed E-state index contributed by atoms with van der Waals surface area (Å²) in [6, 6.07) is 3.66. The van der Waals surface area contributed by atoms with E-state index in [0.717, 1.165) is 26.1 Å². The maximum absolute atomic E-state index is 10.6. The summed E-state index contributed by atoms with van der Waals surface area (Å²) in [5.41, 5.74) is 0. The number of furan rings is 1. The number of hydrogen-bond donors (Lipinski definition) is 1. The topological polar surface area (TPSA) is 71.5 Å². The van der Waals surface area contributed by atoms with E-state index in [1.807, 2.05) is 0 Å². The predicted molar refractivity (Wildman–Crippen MR) is 76.6 cm³/mol. The molecule has 0 aliphatic carbocycles. The molecule has 1 aliphatic rings. The van der Waals surface area contributed by atoms with Gasteiger partial charge in [0.1, 0.15) is 10.7 Å². The molecule has 1 unspecified atom stereocenters. The summed E-state index contributed by atoms with van der Waals surface area (Å²) in [6.45, 7) is 5.83. The van der Waals surface area contributed by atoms with Crippen LogP contribution < -0.4 is 5.32 Å². The summed E-state index contributed by atoms with van der Waals surface area (Å²) < 4.78 is 5.25. The zero-order chi connectivity index (χ0) is 14.4. The molecule has 0 spiro atoms. The minimum Gasteiger partial charge on any atom is -0.404 e. The highest BCUT2D eigenvalue weighted by molar-refractivity contribution is 5.17. The van der Waals surface area contributed by atoms with Crippen molar-refractivity contribution in [2.75, 3.05) is 19.6 Å². The first kappa shape index (κ1) is 15.0.